The number of hydrogen-bond donors (Lipinski definition) is 1. The molecule has 1 aliphatic heterocycles. The van der Waals surface area contributed by atoms with E-state index in [1.165, 1.54) is 19.5 Å². The summed E-state index contributed by atoms with van der Waals surface area (Å²) in [4.78, 5) is 13.0. The summed E-state index contributed by atoms with van der Waals surface area (Å²) < 4.78 is 20.1. The Hall–Kier alpha value is -2.93. The van der Waals surface area contributed by atoms with Crippen molar-refractivity contribution in [2.75, 3.05) is 44.7 Å². The van der Waals surface area contributed by atoms with Gasteiger partial charge < -0.3 is 19.6 Å². The molecule has 3 aromatic rings. The number of aromatic hydroxyl groups is 1. The summed E-state index contributed by atoms with van der Waals surface area (Å²) in [6.07, 6.45) is 1.43. The van der Waals surface area contributed by atoms with Crippen LogP contribution < -0.4 is 9.64 Å². The first kappa shape index (κ1) is 18.4. The summed E-state index contributed by atoms with van der Waals surface area (Å²) in [5.41, 5.74) is 2.46. The third-order valence-corrected chi connectivity index (χ3v) is 5.32. The van der Waals surface area contributed by atoms with Crippen molar-refractivity contribution in [1.29, 1.82) is 0 Å². The molecule has 7 heteroatoms. The average Bonchev–Trinajstić information content (AvgIpc) is 2.73. The SMILES string of the molecule is CCN1CCN(c2ccc(-c3ncnc4cc(OC)c(O)cc34)cc2F)CC1. The van der Waals surface area contributed by atoms with E-state index in [0.717, 1.165) is 32.7 Å². The highest BCUT2D eigenvalue weighted by molar-refractivity contribution is 5.94. The number of likely N-dealkylation sites (N-methyl/N-ethyl adjacent to an activating group) is 1. The maximum absolute atomic E-state index is 14.9. The highest BCUT2D eigenvalue weighted by atomic mass is 19.1. The Balaban J connectivity index is 1.69. The smallest absolute Gasteiger partial charge is 0.162 e. The van der Waals surface area contributed by atoms with Crippen molar-refractivity contribution in [3.05, 3.63) is 42.5 Å². The van der Waals surface area contributed by atoms with Crippen LogP contribution in [0.5, 0.6) is 11.5 Å². The van der Waals surface area contributed by atoms with Gasteiger partial charge in [-0.15, -0.1) is 0 Å². The number of halogens is 1. The maximum atomic E-state index is 14.9. The third-order valence-electron chi connectivity index (χ3n) is 5.32. The Morgan fingerprint density at radius 1 is 1.11 bits per heavy atom. The molecule has 1 N–H and O–H groups in total. The Bertz CT molecular complexity index is 1000. The van der Waals surface area contributed by atoms with E-state index < -0.39 is 0 Å². The molecule has 28 heavy (non-hydrogen) atoms. The van der Waals surface area contributed by atoms with Crippen LogP contribution in [0, 0.1) is 5.82 Å². The molecule has 0 spiro atoms. The molecular weight excluding hydrogens is 359 g/mol. The topological polar surface area (TPSA) is 61.7 Å². The molecule has 0 atom stereocenters. The Labute approximate surface area is 163 Å². The zero-order valence-corrected chi connectivity index (χ0v) is 16.0. The fourth-order valence-electron chi connectivity index (χ4n) is 3.68. The second kappa shape index (κ2) is 7.59. The Kier molecular flexibility index (Phi) is 5.00. The molecule has 2 heterocycles. The van der Waals surface area contributed by atoms with E-state index in [2.05, 4.69) is 26.7 Å². The van der Waals surface area contributed by atoms with Gasteiger partial charge in [0.2, 0.25) is 0 Å². The third kappa shape index (κ3) is 3.33. The van der Waals surface area contributed by atoms with Crippen molar-refractivity contribution < 1.29 is 14.2 Å². The number of methoxy groups -OCH3 is 1. The van der Waals surface area contributed by atoms with E-state index in [4.69, 9.17) is 4.74 Å². The van der Waals surface area contributed by atoms with Crippen LogP contribution in [0.1, 0.15) is 6.92 Å². The van der Waals surface area contributed by atoms with Crippen molar-refractivity contribution in [2.45, 2.75) is 6.92 Å². The molecule has 0 radical (unpaired) electrons. The number of benzene rings is 2. The lowest BCUT2D eigenvalue weighted by atomic mass is 10.0. The van der Waals surface area contributed by atoms with Crippen molar-refractivity contribution in [3.8, 4) is 22.8 Å². The first-order valence-electron chi connectivity index (χ1n) is 9.39. The first-order valence-corrected chi connectivity index (χ1v) is 9.39. The molecule has 1 saturated heterocycles. The van der Waals surface area contributed by atoms with Crippen LogP contribution in [0.4, 0.5) is 10.1 Å². The molecule has 0 unspecified atom stereocenters. The fraction of sp³-hybridized carbons (Fsp3) is 0.333. The lowest BCUT2D eigenvalue weighted by Gasteiger charge is -2.35. The predicted molar refractivity (Wildman–Crippen MR) is 107 cm³/mol. The average molecular weight is 382 g/mol. The van der Waals surface area contributed by atoms with Gasteiger partial charge in [-0.3, -0.25) is 0 Å². The summed E-state index contributed by atoms with van der Waals surface area (Å²) in [6.45, 7) is 6.67. The maximum Gasteiger partial charge on any atom is 0.162 e. The second-order valence-corrected chi connectivity index (χ2v) is 6.85. The van der Waals surface area contributed by atoms with Crippen molar-refractivity contribution in [3.63, 3.8) is 0 Å². The molecular formula is C21H23FN4O2. The summed E-state index contributed by atoms with van der Waals surface area (Å²) in [6, 6.07) is 8.38. The van der Waals surface area contributed by atoms with Gasteiger partial charge in [-0.1, -0.05) is 13.0 Å². The van der Waals surface area contributed by atoms with E-state index in [9.17, 15) is 9.50 Å². The highest BCUT2D eigenvalue weighted by Gasteiger charge is 2.19. The minimum atomic E-state index is -0.271. The second-order valence-electron chi connectivity index (χ2n) is 6.85. The van der Waals surface area contributed by atoms with Gasteiger partial charge in [0.1, 0.15) is 12.1 Å². The van der Waals surface area contributed by atoms with Crippen LogP contribution in [-0.2, 0) is 0 Å². The minimum Gasteiger partial charge on any atom is -0.504 e. The lowest BCUT2D eigenvalue weighted by molar-refractivity contribution is 0.270. The highest BCUT2D eigenvalue weighted by Crippen LogP contribution is 2.35. The van der Waals surface area contributed by atoms with Gasteiger partial charge in [0, 0.05) is 43.2 Å². The zero-order valence-electron chi connectivity index (χ0n) is 16.0. The van der Waals surface area contributed by atoms with Gasteiger partial charge in [0.05, 0.1) is 24.0 Å². The van der Waals surface area contributed by atoms with E-state index in [0.29, 0.717) is 33.6 Å². The number of phenolic OH excluding ortho intramolecular Hbond substituents is 1. The summed E-state index contributed by atoms with van der Waals surface area (Å²) in [5.74, 6) is 0.0637. The molecule has 6 nitrogen and oxygen atoms in total. The number of hydrogen-bond acceptors (Lipinski definition) is 6. The molecule has 146 valence electrons. The number of piperazine rings is 1. The van der Waals surface area contributed by atoms with Gasteiger partial charge in [-0.2, -0.15) is 0 Å². The summed E-state index contributed by atoms with van der Waals surface area (Å²) in [5, 5.41) is 10.8. The number of phenols is 1. The van der Waals surface area contributed by atoms with E-state index in [-0.39, 0.29) is 11.6 Å². The summed E-state index contributed by atoms with van der Waals surface area (Å²) in [7, 11) is 1.48. The summed E-state index contributed by atoms with van der Waals surface area (Å²) >= 11 is 0. The predicted octanol–water partition coefficient (Wildman–Crippen LogP) is 3.29. The van der Waals surface area contributed by atoms with Crippen molar-refractivity contribution in [2.24, 2.45) is 0 Å². The number of anilines is 1. The van der Waals surface area contributed by atoms with Crippen LogP contribution in [0.25, 0.3) is 22.2 Å². The molecule has 1 fully saturated rings. The first-order chi connectivity index (χ1) is 13.6. The van der Waals surface area contributed by atoms with E-state index >= 15 is 0 Å². The van der Waals surface area contributed by atoms with Crippen molar-refractivity contribution in [1.82, 2.24) is 14.9 Å². The van der Waals surface area contributed by atoms with Crippen LogP contribution in [-0.4, -0.2) is 59.8 Å². The standard InChI is InChI=1S/C21H23FN4O2/c1-3-25-6-8-26(9-7-25)18-5-4-14(10-16(18)22)21-15-11-19(27)20(28-2)12-17(15)23-13-24-21/h4-5,10-13,27H,3,6-9H2,1-2H3. The van der Waals surface area contributed by atoms with E-state index in [1.807, 2.05) is 12.1 Å². The number of rotatable bonds is 4. The number of ether oxygens (including phenoxy) is 1. The number of aromatic nitrogens is 2. The minimum absolute atomic E-state index is 0.00284. The van der Waals surface area contributed by atoms with Crippen LogP contribution in [0.15, 0.2) is 36.7 Å². The molecule has 1 aromatic heterocycles. The fourth-order valence-corrected chi connectivity index (χ4v) is 3.68. The molecule has 0 bridgehead atoms. The largest absolute Gasteiger partial charge is 0.504 e. The van der Waals surface area contributed by atoms with Crippen LogP contribution in [0.2, 0.25) is 0 Å². The van der Waals surface area contributed by atoms with Gasteiger partial charge >= 0.3 is 0 Å². The lowest BCUT2D eigenvalue weighted by Crippen LogP contribution is -2.46. The van der Waals surface area contributed by atoms with Gasteiger partial charge in [-0.05, 0) is 24.7 Å². The van der Waals surface area contributed by atoms with E-state index in [1.54, 1.807) is 12.1 Å². The van der Waals surface area contributed by atoms with Gasteiger partial charge in [-0.25, -0.2) is 14.4 Å². The normalized spacial score (nSPS) is 15.2. The molecule has 1 aliphatic rings. The number of fused-ring (bicyclic) bond motifs is 1. The zero-order chi connectivity index (χ0) is 19.7. The quantitative estimate of drug-likeness (QED) is 0.747. The molecule has 0 saturated carbocycles. The van der Waals surface area contributed by atoms with Crippen molar-refractivity contribution >= 4 is 16.6 Å². The molecule has 0 amide bonds. The Morgan fingerprint density at radius 2 is 1.89 bits per heavy atom. The Morgan fingerprint density at radius 3 is 2.57 bits per heavy atom. The molecule has 2 aromatic carbocycles. The number of nitrogens with zero attached hydrogens (tertiary/aromatic N) is 4. The van der Waals surface area contributed by atoms with Gasteiger partial charge in [0.15, 0.2) is 11.5 Å². The van der Waals surface area contributed by atoms with Crippen LogP contribution in [0.3, 0.4) is 0 Å². The molecule has 4 rings (SSSR count). The monoisotopic (exact) mass is 382 g/mol. The molecule has 0 aliphatic carbocycles. The van der Waals surface area contributed by atoms with Gasteiger partial charge in [0.25, 0.3) is 0 Å². The van der Waals surface area contributed by atoms with Crippen LogP contribution >= 0.6 is 0 Å².